The molecule has 1 N–H and O–H groups in total. The number of Topliss-reactive ketones (excluding diaryl/α,β-unsaturated/α-hetero) is 1. The first-order valence-corrected chi connectivity index (χ1v) is 14.5. The standard InChI is InChI=1S/C29H32N3O3S2.ClH/c1-17-24(16-36-37-19-10-8-18(34-6)9-11-19)32(13-12-25(17)35-7)27-30-22-14-20-21(15-23(22)31-27)29(4,5)26(33)28(20,2)3;/h8-15H,16H2,1-7H3,(H,30,31);1H/q+1;/p-1. The third kappa shape index (κ3) is 4.67. The van der Waals surface area contributed by atoms with E-state index in [4.69, 9.17) is 14.5 Å². The number of carbonyl (C=O) groups excluding carboxylic acids is 1. The zero-order valence-corrected chi connectivity index (χ0v) is 25.0. The molecule has 0 unspecified atom stereocenters. The number of hydrogen-bond donors (Lipinski definition) is 1. The number of rotatable bonds is 7. The molecule has 1 aliphatic carbocycles. The van der Waals surface area contributed by atoms with E-state index in [1.54, 1.807) is 35.8 Å². The number of carbonyl (C=O) groups is 1. The molecule has 2 aromatic heterocycles. The van der Waals surface area contributed by atoms with Gasteiger partial charge < -0.3 is 21.9 Å². The molecule has 0 fully saturated rings. The molecule has 2 aromatic carbocycles. The summed E-state index contributed by atoms with van der Waals surface area (Å²) in [6.07, 6.45) is 2.00. The number of ketones is 1. The molecule has 1 aliphatic rings. The van der Waals surface area contributed by atoms with E-state index in [9.17, 15) is 4.79 Å². The summed E-state index contributed by atoms with van der Waals surface area (Å²) in [6.45, 7) is 10.1. The summed E-state index contributed by atoms with van der Waals surface area (Å²) in [7, 11) is 6.86. The second-order valence-electron chi connectivity index (χ2n) is 10.4. The van der Waals surface area contributed by atoms with Crippen molar-refractivity contribution in [1.29, 1.82) is 0 Å². The summed E-state index contributed by atoms with van der Waals surface area (Å²) in [5.74, 6) is 3.44. The van der Waals surface area contributed by atoms with Crippen LogP contribution >= 0.6 is 21.6 Å². The molecule has 6 nitrogen and oxygen atoms in total. The van der Waals surface area contributed by atoms with Crippen LogP contribution in [0.2, 0.25) is 0 Å². The average molecular weight is 570 g/mol. The lowest BCUT2D eigenvalue weighted by atomic mass is 9.80. The van der Waals surface area contributed by atoms with E-state index in [-0.39, 0.29) is 18.2 Å². The Morgan fingerprint density at radius 2 is 1.63 bits per heavy atom. The first-order valence-electron chi connectivity index (χ1n) is 12.2. The molecule has 0 atom stereocenters. The number of methoxy groups -OCH3 is 2. The van der Waals surface area contributed by atoms with Crippen molar-refractivity contribution in [3.05, 3.63) is 71.0 Å². The molecule has 0 amide bonds. The summed E-state index contributed by atoms with van der Waals surface area (Å²) >= 11 is 0. The van der Waals surface area contributed by atoms with Gasteiger partial charge in [-0.2, -0.15) is 0 Å². The zero-order valence-electron chi connectivity index (χ0n) is 22.6. The van der Waals surface area contributed by atoms with Crippen LogP contribution in [0.4, 0.5) is 0 Å². The maximum atomic E-state index is 13.1. The van der Waals surface area contributed by atoms with Crippen LogP contribution in [0.25, 0.3) is 17.0 Å². The largest absolute Gasteiger partial charge is 1.00 e. The number of nitrogens with zero attached hydrogens (tertiary/aromatic N) is 2. The fraction of sp³-hybridized carbons (Fsp3) is 0.345. The lowest BCUT2D eigenvalue weighted by molar-refractivity contribution is -0.610. The van der Waals surface area contributed by atoms with E-state index in [1.165, 1.54) is 0 Å². The number of imidazole rings is 1. The van der Waals surface area contributed by atoms with E-state index in [0.29, 0.717) is 0 Å². The van der Waals surface area contributed by atoms with Gasteiger partial charge in [-0.1, -0.05) is 26.6 Å². The summed E-state index contributed by atoms with van der Waals surface area (Å²) in [4.78, 5) is 22.8. The summed E-state index contributed by atoms with van der Waals surface area (Å²) in [5.41, 5.74) is 5.05. The molecular weight excluding hydrogens is 538 g/mol. The lowest BCUT2D eigenvalue weighted by Crippen LogP contribution is -3.00. The van der Waals surface area contributed by atoms with Crippen LogP contribution in [0.1, 0.15) is 50.1 Å². The lowest BCUT2D eigenvalue weighted by Gasteiger charge is -2.21. The zero-order chi connectivity index (χ0) is 26.5. The minimum absolute atomic E-state index is 0. The Hall–Kier alpha value is -2.68. The highest BCUT2D eigenvalue weighted by Gasteiger charge is 2.50. The van der Waals surface area contributed by atoms with Crippen molar-refractivity contribution in [2.75, 3.05) is 14.2 Å². The first-order chi connectivity index (χ1) is 17.6. The summed E-state index contributed by atoms with van der Waals surface area (Å²) < 4.78 is 13.0. The minimum atomic E-state index is -0.531. The Kier molecular flexibility index (Phi) is 7.81. The van der Waals surface area contributed by atoms with Crippen LogP contribution in [-0.2, 0) is 21.4 Å². The van der Waals surface area contributed by atoms with Gasteiger partial charge in [-0.25, -0.2) is 9.55 Å². The molecule has 0 bridgehead atoms. The number of aromatic nitrogens is 3. The van der Waals surface area contributed by atoms with Crippen molar-refractivity contribution in [2.45, 2.75) is 56.1 Å². The van der Waals surface area contributed by atoms with Gasteiger partial charge in [-0.15, -0.1) is 0 Å². The second kappa shape index (κ2) is 10.5. The molecule has 0 spiro atoms. The minimum Gasteiger partial charge on any atom is -1.00 e. The third-order valence-corrected chi connectivity index (χ3v) is 9.68. The van der Waals surface area contributed by atoms with Gasteiger partial charge in [0.1, 0.15) is 22.7 Å². The second-order valence-corrected chi connectivity index (χ2v) is 12.8. The van der Waals surface area contributed by atoms with Gasteiger partial charge in [0.2, 0.25) is 0 Å². The monoisotopic (exact) mass is 569 g/mol. The number of nitrogens with one attached hydrogen (secondary N) is 1. The molecule has 0 radical (unpaired) electrons. The van der Waals surface area contributed by atoms with Crippen LogP contribution in [0, 0.1) is 6.92 Å². The Morgan fingerprint density at radius 1 is 0.974 bits per heavy atom. The number of ether oxygens (including phenoxy) is 2. The predicted octanol–water partition coefficient (Wildman–Crippen LogP) is 3.25. The van der Waals surface area contributed by atoms with Crippen molar-refractivity contribution in [1.82, 2.24) is 9.97 Å². The Balaban J connectivity index is 0.00000336. The molecule has 0 aliphatic heterocycles. The van der Waals surface area contributed by atoms with Gasteiger partial charge >= 0.3 is 5.95 Å². The molecule has 4 aromatic rings. The van der Waals surface area contributed by atoms with Crippen LogP contribution in [0.5, 0.6) is 11.5 Å². The number of halogens is 1. The van der Waals surface area contributed by atoms with Gasteiger partial charge in [0.25, 0.3) is 0 Å². The fourth-order valence-corrected chi connectivity index (χ4v) is 7.44. The van der Waals surface area contributed by atoms with Crippen LogP contribution in [-0.4, -0.2) is 30.0 Å². The predicted molar refractivity (Wildman–Crippen MR) is 150 cm³/mol. The van der Waals surface area contributed by atoms with Crippen molar-refractivity contribution >= 4 is 38.4 Å². The van der Waals surface area contributed by atoms with Crippen molar-refractivity contribution in [3.8, 4) is 17.4 Å². The van der Waals surface area contributed by atoms with Gasteiger partial charge in [-0.05, 0) is 82.1 Å². The Labute approximate surface area is 237 Å². The fourth-order valence-electron chi connectivity index (χ4n) is 5.28. The highest BCUT2D eigenvalue weighted by atomic mass is 35.5. The normalized spacial score (nSPS) is 15.3. The van der Waals surface area contributed by atoms with Crippen LogP contribution < -0.4 is 26.4 Å². The molecule has 38 heavy (non-hydrogen) atoms. The van der Waals surface area contributed by atoms with Gasteiger partial charge in [-0.3, -0.25) is 4.79 Å². The van der Waals surface area contributed by atoms with E-state index in [1.807, 2.05) is 52.1 Å². The topological polar surface area (TPSA) is 68.1 Å². The van der Waals surface area contributed by atoms with Crippen LogP contribution in [0.15, 0.2) is 53.6 Å². The van der Waals surface area contributed by atoms with Crippen molar-refractivity contribution in [3.63, 3.8) is 0 Å². The molecule has 9 heteroatoms. The smallest absolute Gasteiger partial charge is 0.402 e. The number of H-pyrrole nitrogens is 1. The van der Waals surface area contributed by atoms with E-state index < -0.39 is 10.8 Å². The van der Waals surface area contributed by atoms with Gasteiger partial charge in [0.05, 0.1) is 26.2 Å². The van der Waals surface area contributed by atoms with Crippen molar-refractivity contribution in [2.24, 2.45) is 0 Å². The Morgan fingerprint density at radius 3 is 2.26 bits per heavy atom. The average Bonchev–Trinajstić information content (AvgIpc) is 3.36. The molecule has 200 valence electrons. The SMILES string of the molecule is COc1ccc(SSCc2c(C)c(OC)cc[n+]2-c2nc3cc4c(cc3[nH]2)C(C)(C)C(=O)C4(C)C)cc1.[Cl-]. The van der Waals surface area contributed by atoms with E-state index in [0.717, 1.165) is 61.5 Å². The van der Waals surface area contributed by atoms with Crippen LogP contribution in [0.3, 0.4) is 0 Å². The first kappa shape index (κ1) is 28.3. The highest BCUT2D eigenvalue weighted by molar-refractivity contribution is 8.76. The van der Waals surface area contributed by atoms with E-state index in [2.05, 4.69) is 40.7 Å². The quantitative estimate of drug-likeness (QED) is 0.272. The maximum Gasteiger partial charge on any atom is 0.402 e. The highest BCUT2D eigenvalue weighted by Crippen LogP contribution is 2.47. The summed E-state index contributed by atoms with van der Waals surface area (Å²) in [5, 5.41) is 0. The number of aromatic amines is 1. The number of pyridine rings is 1. The molecule has 0 saturated carbocycles. The molecule has 5 rings (SSSR count). The number of hydrogen-bond acceptors (Lipinski definition) is 6. The molecule has 0 saturated heterocycles. The third-order valence-electron chi connectivity index (χ3n) is 7.42. The molecule has 2 heterocycles. The number of benzene rings is 2. The maximum absolute atomic E-state index is 13.1. The van der Waals surface area contributed by atoms with Crippen molar-refractivity contribution < 1.29 is 31.2 Å². The van der Waals surface area contributed by atoms with Gasteiger partial charge in [0.15, 0.2) is 11.3 Å². The van der Waals surface area contributed by atoms with E-state index >= 15 is 0 Å². The number of fused-ring (bicyclic) bond motifs is 2. The molecular formula is C29H32ClN3O3S2. The van der Waals surface area contributed by atoms with Gasteiger partial charge in [0, 0.05) is 27.4 Å². The summed E-state index contributed by atoms with van der Waals surface area (Å²) in [6, 6.07) is 14.2. The Bertz CT molecular complexity index is 1460.